The highest BCUT2D eigenvalue weighted by Crippen LogP contribution is 2.36. The van der Waals surface area contributed by atoms with E-state index in [1.165, 1.54) is 9.80 Å². The van der Waals surface area contributed by atoms with Gasteiger partial charge in [-0.1, -0.05) is 5.16 Å². The lowest BCUT2D eigenvalue weighted by atomic mass is 10.1. The maximum Gasteiger partial charge on any atom is 0.329 e. The fraction of sp³-hybridized carbons (Fsp3) is 0.667. The van der Waals surface area contributed by atoms with Crippen LogP contribution in [0.2, 0.25) is 0 Å². The van der Waals surface area contributed by atoms with Gasteiger partial charge in [0.15, 0.2) is 6.23 Å². The van der Waals surface area contributed by atoms with Gasteiger partial charge in [-0.15, -0.1) is 0 Å². The lowest BCUT2D eigenvalue weighted by Gasteiger charge is -2.18. The highest BCUT2D eigenvalue weighted by molar-refractivity contribution is 7.99. The zero-order valence-corrected chi connectivity index (χ0v) is 12.6. The van der Waals surface area contributed by atoms with E-state index in [1.54, 1.807) is 31.8 Å². The molecule has 7 heteroatoms. The molecule has 0 aromatic carbocycles. The van der Waals surface area contributed by atoms with Gasteiger partial charge >= 0.3 is 6.03 Å². The number of carbonyl (C=O) groups is 1. The summed E-state index contributed by atoms with van der Waals surface area (Å²) in [7, 11) is 1.65. The van der Waals surface area contributed by atoms with Crippen LogP contribution in [0.3, 0.4) is 0 Å². The lowest BCUT2D eigenvalue weighted by Crippen LogP contribution is -2.35. The van der Waals surface area contributed by atoms with Gasteiger partial charge in [0.05, 0.1) is 10.8 Å². The Morgan fingerprint density at radius 1 is 1.53 bits per heavy atom. The van der Waals surface area contributed by atoms with Crippen molar-refractivity contribution in [2.45, 2.75) is 37.8 Å². The first-order valence-corrected chi connectivity index (χ1v) is 7.28. The van der Waals surface area contributed by atoms with Gasteiger partial charge in [-0.3, -0.25) is 0 Å². The van der Waals surface area contributed by atoms with E-state index in [0.717, 1.165) is 5.69 Å². The maximum absolute atomic E-state index is 12.1. The summed E-state index contributed by atoms with van der Waals surface area (Å²) in [6.45, 7) is 5.83. The smallest absolute Gasteiger partial charge is 0.329 e. The SMILES string of the molecule is CSC(C)(C)c1cc(N2C(=O)N(C)C(C)C2O)on1. The maximum atomic E-state index is 12.1. The Morgan fingerprint density at radius 3 is 2.63 bits per heavy atom. The molecule has 19 heavy (non-hydrogen) atoms. The zero-order chi connectivity index (χ0) is 14.4. The summed E-state index contributed by atoms with van der Waals surface area (Å²) in [6.07, 6.45) is 1.07. The van der Waals surface area contributed by atoms with E-state index in [-0.39, 0.29) is 22.7 Å². The molecular formula is C12H19N3O3S. The Balaban J connectivity index is 2.31. The van der Waals surface area contributed by atoms with Crippen molar-refractivity contribution >= 4 is 23.7 Å². The number of thioether (sulfide) groups is 1. The van der Waals surface area contributed by atoms with Crippen LogP contribution in [-0.2, 0) is 4.75 Å². The van der Waals surface area contributed by atoms with Gasteiger partial charge in [-0.25, -0.2) is 9.69 Å². The minimum atomic E-state index is -0.921. The van der Waals surface area contributed by atoms with E-state index in [0.29, 0.717) is 0 Å². The molecule has 2 heterocycles. The third-order valence-electron chi connectivity index (χ3n) is 3.68. The molecule has 106 valence electrons. The fourth-order valence-electron chi connectivity index (χ4n) is 1.87. The first kappa shape index (κ1) is 14.2. The van der Waals surface area contributed by atoms with Gasteiger partial charge in [0.25, 0.3) is 0 Å². The van der Waals surface area contributed by atoms with Gasteiger partial charge in [-0.05, 0) is 27.0 Å². The summed E-state index contributed by atoms with van der Waals surface area (Å²) in [5.74, 6) is 0.283. The molecule has 1 aromatic rings. The quantitative estimate of drug-likeness (QED) is 0.918. The molecule has 1 saturated heterocycles. The molecule has 0 radical (unpaired) electrons. The van der Waals surface area contributed by atoms with Crippen molar-refractivity contribution in [2.75, 3.05) is 18.2 Å². The van der Waals surface area contributed by atoms with Crippen molar-refractivity contribution in [3.8, 4) is 0 Å². The summed E-state index contributed by atoms with van der Waals surface area (Å²) in [6, 6.07) is 1.14. The summed E-state index contributed by atoms with van der Waals surface area (Å²) in [4.78, 5) is 14.8. The lowest BCUT2D eigenvalue weighted by molar-refractivity contribution is 0.135. The van der Waals surface area contributed by atoms with Crippen LogP contribution in [0.5, 0.6) is 0 Å². The van der Waals surface area contributed by atoms with Crippen LogP contribution in [0.15, 0.2) is 10.6 Å². The molecule has 0 saturated carbocycles. The second-order valence-corrected chi connectivity index (χ2v) is 6.61. The molecule has 2 amide bonds. The van der Waals surface area contributed by atoms with Crippen LogP contribution in [-0.4, -0.2) is 46.8 Å². The molecular weight excluding hydrogens is 266 g/mol. The Bertz CT molecular complexity index is 488. The Morgan fingerprint density at radius 2 is 2.16 bits per heavy atom. The summed E-state index contributed by atoms with van der Waals surface area (Å²) in [5.41, 5.74) is 0.747. The monoisotopic (exact) mass is 285 g/mol. The van der Waals surface area contributed by atoms with Gasteiger partial charge in [-0.2, -0.15) is 11.8 Å². The number of nitrogens with zero attached hydrogens (tertiary/aromatic N) is 3. The minimum absolute atomic E-state index is 0.201. The summed E-state index contributed by atoms with van der Waals surface area (Å²) < 4.78 is 5.03. The van der Waals surface area contributed by atoms with Crippen molar-refractivity contribution in [1.29, 1.82) is 0 Å². The van der Waals surface area contributed by atoms with E-state index in [2.05, 4.69) is 5.16 Å². The molecule has 2 unspecified atom stereocenters. The number of likely N-dealkylation sites (N-methyl/N-ethyl adjacent to an activating group) is 1. The average Bonchev–Trinajstić information content (AvgIpc) is 2.92. The number of aliphatic hydroxyl groups is 1. The molecule has 1 aliphatic heterocycles. The predicted octanol–water partition coefficient (Wildman–Crippen LogP) is 1.85. The first-order chi connectivity index (χ1) is 8.79. The van der Waals surface area contributed by atoms with Gasteiger partial charge in [0.1, 0.15) is 5.69 Å². The van der Waals surface area contributed by atoms with Gasteiger partial charge in [0, 0.05) is 13.1 Å². The third kappa shape index (κ3) is 2.21. The summed E-state index contributed by atoms with van der Waals surface area (Å²) in [5, 5.41) is 14.1. The van der Waals surface area contributed by atoms with Crippen molar-refractivity contribution in [3.05, 3.63) is 11.8 Å². The van der Waals surface area contributed by atoms with E-state index in [1.807, 2.05) is 20.1 Å². The van der Waals surface area contributed by atoms with Crippen molar-refractivity contribution in [3.63, 3.8) is 0 Å². The fourth-order valence-corrected chi connectivity index (χ4v) is 2.17. The van der Waals surface area contributed by atoms with Crippen LogP contribution in [0.25, 0.3) is 0 Å². The molecule has 1 aliphatic rings. The van der Waals surface area contributed by atoms with Crippen LogP contribution >= 0.6 is 11.8 Å². The highest BCUT2D eigenvalue weighted by Gasteiger charge is 2.43. The Hall–Kier alpha value is -1.21. The Labute approximate surface area is 116 Å². The predicted molar refractivity (Wildman–Crippen MR) is 74.2 cm³/mol. The number of urea groups is 1. The minimum Gasteiger partial charge on any atom is -0.371 e. The van der Waals surface area contributed by atoms with Crippen molar-refractivity contribution in [2.24, 2.45) is 0 Å². The molecule has 1 N–H and O–H groups in total. The number of hydrogen-bond acceptors (Lipinski definition) is 5. The van der Waals surface area contributed by atoms with E-state index in [9.17, 15) is 9.90 Å². The molecule has 0 bridgehead atoms. The highest BCUT2D eigenvalue weighted by atomic mass is 32.2. The van der Waals surface area contributed by atoms with Crippen molar-refractivity contribution < 1.29 is 14.4 Å². The Kier molecular flexibility index (Phi) is 3.53. The third-order valence-corrected chi connectivity index (χ3v) is 4.91. The van der Waals surface area contributed by atoms with Crippen LogP contribution < -0.4 is 4.90 Å². The number of hydrogen-bond donors (Lipinski definition) is 1. The van der Waals surface area contributed by atoms with E-state index < -0.39 is 6.23 Å². The molecule has 1 fully saturated rings. The topological polar surface area (TPSA) is 69.8 Å². The number of rotatable bonds is 3. The normalized spacial score (nSPS) is 24.4. The zero-order valence-electron chi connectivity index (χ0n) is 11.7. The number of amides is 2. The molecule has 6 nitrogen and oxygen atoms in total. The van der Waals surface area contributed by atoms with Crippen LogP contribution in [0, 0.1) is 0 Å². The largest absolute Gasteiger partial charge is 0.371 e. The number of carbonyl (C=O) groups excluding carboxylic acids is 1. The molecule has 0 spiro atoms. The molecule has 2 rings (SSSR count). The average molecular weight is 285 g/mol. The first-order valence-electron chi connectivity index (χ1n) is 6.06. The van der Waals surface area contributed by atoms with Crippen molar-refractivity contribution in [1.82, 2.24) is 10.1 Å². The van der Waals surface area contributed by atoms with E-state index in [4.69, 9.17) is 4.52 Å². The second-order valence-electron chi connectivity index (χ2n) is 5.18. The number of anilines is 1. The summed E-state index contributed by atoms with van der Waals surface area (Å²) >= 11 is 1.64. The van der Waals surface area contributed by atoms with Gasteiger partial charge in [0.2, 0.25) is 5.88 Å². The van der Waals surface area contributed by atoms with Crippen LogP contribution in [0.4, 0.5) is 10.7 Å². The molecule has 2 atom stereocenters. The van der Waals surface area contributed by atoms with Crippen LogP contribution in [0.1, 0.15) is 26.5 Å². The van der Waals surface area contributed by atoms with Gasteiger partial charge < -0.3 is 14.5 Å². The van der Waals surface area contributed by atoms with E-state index >= 15 is 0 Å². The standard InChI is InChI=1S/C12H19N3O3S/c1-7-10(16)15(11(17)14(7)4)9-6-8(13-18-9)12(2,3)19-5/h6-7,10,16H,1-5H3. The number of aromatic nitrogens is 1. The number of aliphatic hydroxyl groups excluding tert-OH is 1. The molecule has 0 aliphatic carbocycles. The molecule has 1 aromatic heterocycles. The second kappa shape index (κ2) is 4.72.